The van der Waals surface area contributed by atoms with Crippen LogP contribution in [0.25, 0.3) is 5.31 Å². The van der Waals surface area contributed by atoms with Gasteiger partial charge in [0.15, 0.2) is 7.14 Å². The highest BCUT2D eigenvalue weighted by molar-refractivity contribution is 7.81. The smallest absolute Gasteiger partial charge is 0.153 e. The summed E-state index contributed by atoms with van der Waals surface area (Å²) in [5, 5.41) is 1.53. The highest BCUT2D eigenvalue weighted by atomic mass is 31.2. The van der Waals surface area contributed by atoms with E-state index >= 15 is 0 Å². The van der Waals surface area contributed by atoms with Crippen LogP contribution in [-0.4, -0.2) is 12.8 Å². The van der Waals surface area contributed by atoms with Gasteiger partial charge < -0.3 is 9.30 Å². The van der Waals surface area contributed by atoms with Gasteiger partial charge in [-0.3, -0.25) is 0 Å². The molecule has 0 saturated heterocycles. The lowest BCUT2D eigenvalue weighted by molar-refractivity contribution is 0.408. The molecule has 126 valence electrons. The van der Waals surface area contributed by atoms with Crippen LogP contribution in [0.15, 0.2) is 54.8 Å². The third-order valence-electron chi connectivity index (χ3n) is 4.31. The van der Waals surface area contributed by atoms with Crippen LogP contribution in [0.2, 0.25) is 0 Å². The Bertz CT molecular complexity index is 805. The first kappa shape index (κ1) is 18.3. The Kier molecular flexibility index (Phi) is 5.54. The van der Waals surface area contributed by atoms with E-state index in [1.54, 1.807) is 7.11 Å². The zero-order chi connectivity index (χ0) is 17.9. The summed E-state index contributed by atoms with van der Waals surface area (Å²) in [4.78, 5) is 0. The van der Waals surface area contributed by atoms with E-state index in [9.17, 15) is 4.57 Å². The van der Waals surface area contributed by atoms with Crippen molar-refractivity contribution in [3.05, 3.63) is 71.5 Å². The molecule has 2 nitrogen and oxygen atoms in total. The fourth-order valence-corrected chi connectivity index (χ4v) is 6.04. The van der Waals surface area contributed by atoms with Crippen molar-refractivity contribution in [2.24, 2.45) is 0 Å². The maximum absolute atomic E-state index is 14.2. The van der Waals surface area contributed by atoms with Gasteiger partial charge in [-0.2, -0.15) is 0 Å². The van der Waals surface area contributed by atoms with Gasteiger partial charge in [0.1, 0.15) is 5.75 Å². The fourth-order valence-electron chi connectivity index (χ4n) is 3.13. The minimum Gasteiger partial charge on any atom is -0.496 e. The summed E-state index contributed by atoms with van der Waals surface area (Å²) < 4.78 is 19.6. The minimum absolute atomic E-state index is 0.0471. The summed E-state index contributed by atoms with van der Waals surface area (Å²) in [6, 6.07) is 13.7. The van der Waals surface area contributed by atoms with Crippen LogP contribution in [0.5, 0.6) is 5.75 Å². The second-order valence-corrected chi connectivity index (χ2v) is 9.57. The lowest BCUT2D eigenvalue weighted by atomic mass is 10.1. The average molecular weight is 340 g/mol. The molecule has 0 spiro atoms. The van der Waals surface area contributed by atoms with Crippen molar-refractivity contribution in [3.8, 4) is 5.75 Å². The monoisotopic (exact) mass is 340 g/mol. The molecule has 3 heteroatoms. The number of rotatable bonds is 5. The van der Waals surface area contributed by atoms with Crippen LogP contribution in [-0.2, 0) is 4.57 Å². The normalized spacial score (nSPS) is 13.2. The third-order valence-corrected chi connectivity index (χ3v) is 7.87. The maximum atomic E-state index is 14.2. The molecule has 0 aliphatic carbocycles. The van der Waals surface area contributed by atoms with E-state index in [4.69, 9.17) is 4.74 Å². The molecule has 0 fully saturated rings. The quantitative estimate of drug-likeness (QED) is 0.528. The van der Waals surface area contributed by atoms with E-state index in [0.717, 1.165) is 27.7 Å². The zero-order valence-corrected chi connectivity index (χ0v) is 16.0. The van der Waals surface area contributed by atoms with Gasteiger partial charge in [-0.1, -0.05) is 50.8 Å². The third kappa shape index (κ3) is 3.13. The van der Waals surface area contributed by atoms with E-state index in [1.807, 2.05) is 70.2 Å². The predicted molar refractivity (Wildman–Crippen MR) is 104 cm³/mol. The van der Waals surface area contributed by atoms with Gasteiger partial charge in [-0.25, -0.2) is 0 Å². The molecular weight excluding hydrogens is 315 g/mol. The highest BCUT2D eigenvalue weighted by Gasteiger charge is 2.35. The van der Waals surface area contributed by atoms with Crippen molar-refractivity contribution < 1.29 is 9.30 Å². The lowest BCUT2D eigenvalue weighted by Gasteiger charge is -2.26. The second kappa shape index (κ2) is 7.26. The SMILES string of the molecule is C=C=C(c1ccccc1)[P@@](=O)(c1cc(C)c(OC)c(C)c1)C(C)C. The second-order valence-electron chi connectivity index (χ2n) is 6.26. The van der Waals surface area contributed by atoms with Gasteiger partial charge in [0, 0.05) is 11.0 Å². The molecule has 0 saturated carbocycles. The van der Waals surface area contributed by atoms with Gasteiger partial charge in [-0.05, 0) is 42.7 Å². The Morgan fingerprint density at radius 1 is 1.12 bits per heavy atom. The van der Waals surface area contributed by atoms with E-state index in [-0.39, 0.29) is 5.66 Å². The van der Waals surface area contributed by atoms with Crippen molar-refractivity contribution in [3.63, 3.8) is 0 Å². The van der Waals surface area contributed by atoms with Gasteiger partial charge in [0.25, 0.3) is 0 Å². The molecule has 0 aromatic heterocycles. The first-order valence-electron chi connectivity index (χ1n) is 8.07. The van der Waals surface area contributed by atoms with Gasteiger partial charge in [-0.15, -0.1) is 5.73 Å². The number of ether oxygens (including phenoxy) is 1. The van der Waals surface area contributed by atoms with Gasteiger partial charge in [0.2, 0.25) is 0 Å². The van der Waals surface area contributed by atoms with E-state index < -0.39 is 7.14 Å². The molecule has 1 atom stereocenters. The van der Waals surface area contributed by atoms with Crippen LogP contribution < -0.4 is 10.0 Å². The minimum atomic E-state index is -2.87. The van der Waals surface area contributed by atoms with Crippen molar-refractivity contribution >= 4 is 17.8 Å². The number of benzene rings is 2. The van der Waals surface area contributed by atoms with Crippen LogP contribution >= 0.6 is 7.14 Å². The standard InChI is InChI=1S/C21H25O2P/c1-7-20(18-11-9-8-10-12-18)24(22,15(2)3)19-13-16(4)21(23-6)17(5)14-19/h8-15H,1H2,2-6H3/t24-/m0/s1. The summed E-state index contributed by atoms with van der Waals surface area (Å²) in [5.41, 5.74) is 5.83. The first-order chi connectivity index (χ1) is 11.4. The molecule has 2 rings (SSSR count). The van der Waals surface area contributed by atoms with Gasteiger partial charge in [0.05, 0.1) is 12.4 Å². The highest BCUT2D eigenvalue weighted by Crippen LogP contribution is 2.61. The Labute approximate surface area is 145 Å². The Hall–Kier alpha value is -2.01. The van der Waals surface area contributed by atoms with Crippen molar-refractivity contribution in [1.29, 1.82) is 0 Å². The van der Waals surface area contributed by atoms with Crippen LogP contribution in [0.3, 0.4) is 0 Å². The molecule has 0 aliphatic heterocycles. The van der Waals surface area contributed by atoms with Crippen molar-refractivity contribution in [2.75, 3.05) is 7.11 Å². The average Bonchev–Trinajstić information content (AvgIpc) is 2.55. The molecule has 0 aliphatic rings. The Morgan fingerprint density at radius 3 is 2.08 bits per heavy atom. The van der Waals surface area contributed by atoms with E-state index in [2.05, 4.69) is 12.3 Å². The molecule has 0 radical (unpaired) electrons. The Morgan fingerprint density at radius 2 is 1.67 bits per heavy atom. The lowest BCUT2D eigenvalue weighted by Crippen LogP contribution is -2.15. The van der Waals surface area contributed by atoms with Crippen LogP contribution in [0.4, 0.5) is 0 Å². The van der Waals surface area contributed by atoms with Crippen molar-refractivity contribution in [1.82, 2.24) is 0 Å². The molecule has 0 heterocycles. The number of hydrogen-bond acceptors (Lipinski definition) is 2. The molecule has 2 aromatic rings. The fraction of sp³-hybridized carbons (Fsp3) is 0.286. The summed E-state index contributed by atoms with van der Waals surface area (Å²) >= 11 is 0. The molecule has 24 heavy (non-hydrogen) atoms. The number of hydrogen-bond donors (Lipinski definition) is 0. The van der Waals surface area contributed by atoms with Crippen molar-refractivity contribution in [2.45, 2.75) is 33.4 Å². The molecule has 0 N–H and O–H groups in total. The van der Waals surface area contributed by atoms with Crippen LogP contribution in [0, 0.1) is 13.8 Å². The number of methoxy groups -OCH3 is 1. The molecule has 2 aromatic carbocycles. The maximum Gasteiger partial charge on any atom is 0.153 e. The topological polar surface area (TPSA) is 26.3 Å². The number of aryl methyl sites for hydroxylation is 2. The summed E-state index contributed by atoms with van der Waals surface area (Å²) in [6.07, 6.45) is 0. The predicted octanol–water partition coefficient (Wildman–Crippen LogP) is 5.53. The van der Waals surface area contributed by atoms with Crippen LogP contribution in [0.1, 0.15) is 30.5 Å². The summed E-state index contributed by atoms with van der Waals surface area (Å²) in [6.45, 7) is 11.8. The molecular formula is C21H25O2P. The molecule has 0 amide bonds. The molecule has 0 bridgehead atoms. The first-order valence-corrected chi connectivity index (χ1v) is 9.85. The largest absolute Gasteiger partial charge is 0.496 e. The summed E-state index contributed by atoms with van der Waals surface area (Å²) in [7, 11) is -1.21. The van der Waals surface area contributed by atoms with E-state index in [0.29, 0.717) is 5.31 Å². The van der Waals surface area contributed by atoms with E-state index in [1.165, 1.54) is 0 Å². The molecule has 0 unspecified atom stereocenters. The zero-order valence-electron chi connectivity index (χ0n) is 15.1. The summed E-state index contributed by atoms with van der Waals surface area (Å²) in [5.74, 6) is 0.845. The van der Waals surface area contributed by atoms with Gasteiger partial charge >= 0.3 is 0 Å². The Balaban J connectivity index is 2.73.